The monoisotopic (exact) mass is 267 g/mol. The second-order valence-corrected chi connectivity index (χ2v) is 6.41. The minimum absolute atomic E-state index is 0.754. The summed E-state index contributed by atoms with van der Waals surface area (Å²) in [6, 6.07) is 2.95. The van der Waals surface area contributed by atoms with Crippen LogP contribution in [0.1, 0.15) is 16.9 Å². The molecule has 0 amide bonds. The van der Waals surface area contributed by atoms with Crippen molar-refractivity contribution in [3.05, 3.63) is 21.9 Å². The molecule has 0 aromatic carbocycles. The van der Waals surface area contributed by atoms with E-state index >= 15 is 0 Å². The predicted octanol–water partition coefficient (Wildman–Crippen LogP) is 1.78. The topological polar surface area (TPSA) is 18.5 Å². The van der Waals surface area contributed by atoms with Gasteiger partial charge in [-0.3, -0.25) is 0 Å². The average Bonchev–Trinajstić information content (AvgIpc) is 2.94. The summed E-state index contributed by atoms with van der Waals surface area (Å²) in [6.07, 6.45) is 1.32. The molecule has 1 saturated heterocycles. The van der Waals surface area contributed by atoms with Crippen LogP contribution in [0.4, 0.5) is 0 Å². The molecular weight excluding hydrogens is 242 g/mol. The Morgan fingerprint density at radius 2 is 2.33 bits per heavy atom. The third kappa shape index (κ3) is 3.79. The van der Waals surface area contributed by atoms with E-state index in [1.165, 1.54) is 36.5 Å². The zero-order valence-corrected chi connectivity index (χ0v) is 12.6. The van der Waals surface area contributed by atoms with Crippen LogP contribution >= 0.6 is 11.3 Å². The quantitative estimate of drug-likeness (QED) is 0.793. The zero-order chi connectivity index (χ0) is 13.0. The average molecular weight is 267 g/mol. The normalized spacial score (nSPS) is 21.0. The Labute approximate surface area is 115 Å². The molecule has 1 aromatic rings. The van der Waals surface area contributed by atoms with Gasteiger partial charge < -0.3 is 15.1 Å². The number of aryl methyl sites for hydroxylation is 1. The minimum Gasteiger partial charge on any atom is -0.311 e. The molecule has 1 aromatic heterocycles. The molecular formula is C14H25N3S. The van der Waals surface area contributed by atoms with Crippen LogP contribution in [0.2, 0.25) is 0 Å². The van der Waals surface area contributed by atoms with Crippen molar-refractivity contribution in [3.63, 3.8) is 0 Å². The van der Waals surface area contributed by atoms with Gasteiger partial charge in [-0.05, 0) is 51.0 Å². The maximum Gasteiger partial charge on any atom is 0.0302 e. The number of likely N-dealkylation sites (tertiary alicyclic amines) is 1. The first-order valence-corrected chi connectivity index (χ1v) is 7.67. The number of nitrogens with zero attached hydrogens (tertiary/aromatic N) is 2. The lowest BCUT2D eigenvalue weighted by Crippen LogP contribution is -2.34. The molecule has 1 aliphatic rings. The number of rotatable bonds is 6. The summed E-state index contributed by atoms with van der Waals surface area (Å²) in [5.74, 6) is 0. The summed E-state index contributed by atoms with van der Waals surface area (Å²) in [5, 5.41) is 5.73. The fourth-order valence-corrected chi connectivity index (χ4v) is 3.34. The van der Waals surface area contributed by atoms with Crippen molar-refractivity contribution >= 4 is 11.3 Å². The van der Waals surface area contributed by atoms with Crippen LogP contribution in [-0.2, 0) is 6.54 Å². The molecule has 1 N–H and O–H groups in total. The highest BCUT2D eigenvalue weighted by molar-refractivity contribution is 7.10. The molecule has 18 heavy (non-hydrogen) atoms. The van der Waals surface area contributed by atoms with Crippen LogP contribution in [0.5, 0.6) is 0 Å². The first-order chi connectivity index (χ1) is 8.66. The van der Waals surface area contributed by atoms with Gasteiger partial charge in [0, 0.05) is 37.1 Å². The highest BCUT2D eigenvalue weighted by atomic mass is 32.1. The van der Waals surface area contributed by atoms with Crippen LogP contribution in [0.25, 0.3) is 0 Å². The van der Waals surface area contributed by atoms with Crippen LogP contribution in [-0.4, -0.2) is 56.1 Å². The van der Waals surface area contributed by atoms with Gasteiger partial charge in [0.25, 0.3) is 0 Å². The second kappa shape index (κ2) is 6.66. The zero-order valence-electron chi connectivity index (χ0n) is 11.8. The fraction of sp³-hybridized carbons (Fsp3) is 0.714. The van der Waals surface area contributed by atoms with Crippen LogP contribution in [0.15, 0.2) is 11.4 Å². The minimum atomic E-state index is 0.754. The molecule has 0 spiro atoms. The van der Waals surface area contributed by atoms with Gasteiger partial charge in [-0.2, -0.15) is 0 Å². The summed E-state index contributed by atoms with van der Waals surface area (Å²) in [4.78, 5) is 6.39. The highest BCUT2D eigenvalue weighted by Crippen LogP contribution is 2.15. The fourth-order valence-electron chi connectivity index (χ4n) is 2.46. The van der Waals surface area contributed by atoms with Gasteiger partial charge in [0.1, 0.15) is 0 Å². The maximum absolute atomic E-state index is 3.55. The van der Waals surface area contributed by atoms with Gasteiger partial charge in [-0.25, -0.2) is 0 Å². The molecule has 1 fully saturated rings. The lowest BCUT2D eigenvalue weighted by molar-refractivity contribution is 0.268. The van der Waals surface area contributed by atoms with Gasteiger partial charge in [0.05, 0.1) is 0 Å². The lowest BCUT2D eigenvalue weighted by atomic mass is 10.2. The Bertz CT molecular complexity index is 362. The highest BCUT2D eigenvalue weighted by Gasteiger charge is 2.22. The van der Waals surface area contributed by atoms with Gasteiger partial charge in [0.2, 0.25) is 0 Å². The molecule has 4 heteroatoms. The summed E-state index contributed by atoms with van der Waals surface area (Å²) in [7, 11) is 4.37. The second-order valence-electron chi connectivity index (χ2n) is 5.41. The van der Waals surface area contributed by atoms with Crippen LogP contribution < -0.4 is 5.32 Å². The first-order valence-electron chi connectivity index (χ1n) is 6.79. The van der Waals surface area contributed by atoms with E-state index in [0.29, 0.717) is 0 Å². The predicted molar refractivity (Wildman–Crippen MR) is 79.3 cm³/mol. The third-order valence-electron chi connectivity index (χ3n) is 3.84. The summed E-state index contributed by atoms with van der Waals surface area (Å²) < 4.78 is 0. The Morgan fingerprint density at radius 1 is 1.50 bits per heavy atom. The molecule has 0 saturated carbocycles. The van der Waals surface area contributed by atoms with Gasteiger partial charge in [-0.15, -0.1) is 11.3 Å². The molecule has 1 unspecified atom stereocenters. The largest absolute Gasteiger partial charge is 0.311 e. The molecule has 0 aliphatic carbocycles. The van der Waals surface area contributed by atoms with E-state index in [2.05, 4.69) is 47.6 Å². The van der Waals surface area contributed by atoms with Crippen LogP contribution in [0.3, 0.4) is 0 Å². The smallest absolute Gasteiger partial charge is 0.0302 e. The van der Waals surface area contributed by atoms with E-state index in [9.17, 15) is 0 Å². The Morgan fingerprint density at radius 3 is 2.94 bits per heavy atom. The third-order valence-corrected chi connectivity index (χ3v) is 4.86. The summed E-state index contributed by atoms with van der Waals surface area (Å²) >= 11 is 1.85. The van der Waals surface area contributed by atoms with Crippen molar-refractivity contribution in [3.8, 4) is 0 Å². The Balaban J connectivity index is 1.61. The standard InChI is InChI=1S/C14H25N3S/c1-12-5-9-18-14(12)10-15-6-8-17-7-4-13(11-17)16(2)3/h5,9,13,15H,4,6-8,10-11H2,1-3H3. The Kier molecular flexibility index (Phi) is 5.18. The molecule has 0 radical (unpaired) electrons. The summed E-state index contributed by atoms with van der Waals surface area (Å²) in [6.45, 7) is 7.96. The van der Waals surface area contributed by atoms with E-state index in [1.54, 1.807) is 0 Å². The molecule has 102 valence electrons. The molecule has 2 rings (SSSR count). The van der Waals surface area contributed by atoms with E-state index in [1.807, 2.05) is 11.3 Å². The summed E-state index contributed by atoms with van der Waals surface area (Å²) in [5.41, 5.74) is 1.42. The Hall–Kier alpha value is -0.420. The molecule has 0 bridgehead atoms. The van der Waals surface area contributed by atoms with Crippen molar-refractivity contribution in [2.24, 2.45) is 0 Å². The van der Waals surface area contributed by atoms with Gasteiger partial charge >= 0.3 is 0 Å². The van der Waals surface area contributed by atoms with Crippen LogP contribution in [0, 0.1) is 6.92 Å². The van der Waals surface area contributed by atoms with E-state index in [4.69, 9.17) is 0 Å². The number of nitrogens with one attached hydrogen (secondary N) is 1. The maximum atomic E-state index is 3.55. The number of hydrogen-bond donors (Lipinski definition) is 1. The lowest BCUT2D eigenvalue weighted by Gasteiger charge is -2.20. The van der Waals surface area contributed by atoms with Gasteiger partial charge in [-0.1, -0.05) is 0 Å². The molecule has 1 atom stereocenters. The van der Waals surface area contributed by atoms with E-state index < -0.39 is 0 Å². The molecule has 3 nitrogen and oxygen atoms in total. The van der Waals surface area contributed by atoms with Crippen molar-refractivity contribution < 1.29 is 0 Å². The number of hydrogen-bond acceptors (Lipinski definition) is 4. The molecule has 2 heterocycles. The molecule has 1 aliphatic heterocycles. The van der Waals surface area contributed by atoms with Crippen molar-refractivity contribution in [2.75, 3.05) is 40.3 Å². The SMILES string of the molecule is Cc1ccsc1CNCCN1CCC(N(C)C)C1. The number of thiophene rings is 1. The van der Waals surface area contributed by atoms with Crippen molar-refractivity contribution in [2.45, 2.75) is 25.9 Å². The first kappa shape index (κ1) is 14.0. The van der Waals surface area contributed by atoms with Crippen molar-refractivity contribution in [1.82, 2.24) is 15.1 Å². The number of likely N-dealkylation sites (N-methyl/N-ethyl adjacent to an activating group) is 1. The van der Waals surface area contributed by atoms with E-state index in [-0.39, 0.29) is 0 Å². The van der Waals surface area contributed by atoms with E-state index in [0.717, 1.165) is 19.1 Å². The van der Waals surface area contributed by atoms with Crippen molar-refractivity contribution in [1.29, 1.82) is 0 Å². The van der Waals surface area contributed by atoms with Gasteiger partial charge in [0.15, 0.2) is 0 Å².